The molecule has 3 rings (SSSR count). The monoisotopic (exact) mass is 477 g/mol. The van der Waals surface area contributed by atoms with E-state index in [1.807, 2.05) is 6.92 Å². The van der Waals surface area contributed by atoms with E-state index in [0.29, 0.717) is 12.8 Å². The van der Waals surface area contributed by atoms with Gasteiger partial charge in [0.1, 0.15) is 11.6 Å². The molecule has 1 aromatic rings. The largest absolute Gasteiger partial charge is 0.454 e. The minimum Gasteiger partial charge on any atom is -0.454 e. The average molecular weight is 478 g/mol. The summed E-state index contributed by atoms with van der Waals surface area (Å²) in [6.45, 7) is 2.83. The zero-order valence-electron chi connectivity index (χ0n) is 19.3. The van der Waals surface area contributed by atoms with Crippen molar-refractivity contribution in [3.05, 3.63) is 29.3 Å². The number of likely N-dealkylation sites (N-methyl/N-ethyl adjacent to an activating group) is 1. The van der Waals surface area contributed by atoms with Gasteiger partial charge in [-0.1, -0.05) is 25.3 Å². The SMILES string of the molecule is Cc1ccc(S(=O)(=O)N2CC(O)CC2C(=O)OCC(=O)N(C)C2(C#N)CCCCC2)cc1C. The van der Waals surface area contributed by atoms with Gasteiger partial charge in [-0.25, -0.2) is 8.42 Å². The van der Waals surface area contributed by atoms with Crippen LogP contribution in [0.1, 0.15) is 49.7 Å². The van der Waals surface area contributed by atoms with Crippen molar-refractivity contribution in [2.75, 3.05) is 20.2 Å². The van der Waals surface area contributed by atoms with Crippen LogP contribution in [0.25, 0.3) is 0 Å². The minimum absolute atomic E-state index is 0.0292. The number of hydrogen-bond acceptors (Lipinski definition) is 7. The van der Waals surface area contributed by atoms with E-state index in [4.69, 9.17) is 4.74 Å². The molecular formula is C23H31N3O6S. The van der Waals surface area contributed by atoms with Gasteiger partial charge in [-0.05, 0) is 49.9 Å². The van der Waals surface area contributed by atoms with Gasteiger partial charge in [-0.3, -0.25) is 9.59 Å². The van der Waals surface area contributed by atoms with Crippen LogP contribution in [-0.2, 0) is 24.3 Å². The number of benzene rings is 1. The molecule has 1 saturated heterocycles. The molecule has 0 bridgehead atoms. The van der Waals surface area contributed by atoms with Gasteiger partial charge in [0.15, 0.2) is 6.61 Å². The van der Waals surface area contributed by atoms with Gasteiger partial charge in [0.05, 0.1) is 17.1 Å². The maximum atomic E-state index is 13.2. The molecule has 10 heteroatoms. The molecule has 2 atom stereocenters. The van der Waals surface area contributed by atoms with Gasteiger partial charge in [0, 0.05) is 20.0 Å². The first-order chi connectivity index (χ1) is 15.5. The molecule has 0 aromatic heterocycles. The Morgan fingerprint density at radius 2 is 1.91 bits per heavy atom. The Bertz CT molecular complexity index is 1060. The average Bonchev–Trinajstić information content (AvgIpc) is 3.21. The van der Waals surface area contributed by atoms with Crippen LogP contribution >= 0.6 is 0 Å². The van der Waals surface area contributed by atoms with Gasteiger partial charge in [0.25, 0.3) is 5.91 Å². The second kappa shape index (κ2) is 9.79. The predicted octanol–water partition coefficient (Wildman–Crippen LogP) is 1.66. The van der Waals surface area contributed by atoms with Crippen LogP contribution in [0.2, 0.25) is 0 Å². The lowest BCUT2D eigenvalue weighted by atomic mass is 9.81. The molecule has 2 fully saturated rings. The Balaban J connectivity index is 1.71. The quantitative estimate of drug-likeness (QED) is 0.617. The molecule has 9 nitrogen and oxygen atoms in total. The molecule has 1 aliphatic heterocycles. The number of ether oxygens (including phenoxy) is 1. The van der Waals surface area contributed by atoms with Crippen LogP contribution in [0.3, 0.4) is 0 Å². The molecule has 1 aromatic carbocycles. The summed E-state index contributed by atoms with van der Waals surface area (Å²) in [6, 6.07) is 5.70. The van der Waals surface area contributed by atoms with Crippen molar-refractivity contribution in [1.29, 1.82) is 5.26 Å². The Labute approximate surface area is 195 Å². The second-order valence-corrected chi connectivity index (χ2v) is 10.9. The summed E-state index contributed by atoms with van der Waals surface area (Å²) in [6.07, 6.45) is 2.69. The van der Waals surface area contributed by atoms with E-state index in [0.717, 1.165) is 34.7 Å². The highest BCUT2D eigenvalue weighted by Crippen LogP contribution is 2.33. The molecule has 1 N–H and O–H groups in total. The number of hydrogen-bond donors (Lipinski definition) is 1. The normalized spacial score (nSPS) is 23.0. The highest BCUT2D eigenvalue weighted by atomic mass is 32.2. The van der Waals surface area contributed by atoms with E-state index in [-0.39, 0.29) is 17.9 Å². The molecule has 1 heterocycles. The van der Waals surface area contributed by atoms with E-state index in [9.17, 15) is 28.4 Å². The van der Waals surface area contributed by atoms with Crippen LogP contribution < -0.4 is 0 Å². The van der Waals surface area contributed by atoms with Gasteiger partial charge >= 0.3 is 5.97 Å². The van der Waals surface area contributed by atoms with Crippen molar-refractivity contribution >= 4 is 21.9 Å². The first-order valence-electron chi connectivity index (χ1n) is 11.1. The van der Waals surface area contributed by atoms with Crippen molar-refractivity contribution in [2.45, 2.75) is 75.0 Å². The fourth-order valence-corrected chi connectivity index (χ4v) is 6.21. The fraction of sp³-hybridized carbons (Fsp3) is 0.609. The Hall–Kier alpha value is -2.48. The zero-order chi connectivity index (χ0) is 24.4. The standard InChI is InChI=1S/C23H31N3O6S/c1-16-7-8-19(11-17(16)2)33(30,31)26-13-18(27)12-20(26)22(29)32-14-21(28)25(3)23(15-24)9-5-4-6-10-23/h7-8,11,18,20,27H,4-6,9-10,12-14H2,1-3H3. The summed E-state index contributed by atoms with van der Waals surface area (Å²) in [5, 5.41) is 19.8. The van der Waals surface area contributed by atoms with Crippen LogP contribution in [-0.4, -0.2) is 72.5 Å². The zero-order valence-corrected chi connectivity index (χ0v) is 20.1. The van der Waals surface area contributed by atoms with E-state index >= 15 is 0 Å². The summed E-state index contributed by atoms with van der Waals surface area (Å²) in [4.78, 5) is 26.8. The molecule has 0 radical (unpaired) electrons. The van der Waals surface area contributed by atoms with E-state index < -0.39 is 46.2 Å². The topological polar surface area (TPSA) is 128 Å². The van der Waals surface area contributed by atoms with Gasteiger partial charge in [-0.2, -0.15) is 9.57 Å². The van der Waals surface area contributed by atoms with E-state index in [2.05, 4.69) is 6.07 Å². The number of aliphatic hydroxyl groups is 1. The van der Waals surface area contributed by atoms with Gasteiger partial charge < -0.3 is 14.7 Å². The lowest BCUT2D eigenvalue weighted by Gasteiger charge is -2.38. The maximum absolute atomic E-state index is 13.2. The Kier molecular flexibility index (Phi) is 7.46. The number of β-amino-alcohol motifs (C(OH)–C–C–N with tert-alkyl or cyclic N) is 1. The summed E-state index contributed by atoms with van der Waals surface area (Å²) in [5.41, 5.74) is 0.809. The lowest BCUT2D eigenvalue weighted by Crippen LogP contribution is -2.51. The molecule has 180 valence electrons. The molecule has 0 spiro atoms. The van der Waals surface area contributed by atoms with E-state index in [1.54, 1.807) is 13.0 Å². The van der Waals surface area contributed by atoms with Crippen molar-refractivity contribution in [3.8, 4) is 6.07 Å². The third kappa shape index (κ3) is 5.05. The second-order valence-electron chi connectivity index (χ2n) is 8.99. The minimum atomic E-state index is -4.06. The van der Waals surface area contributed by atoms with Crippen LogP contribution in [0.4, 0.5) is 0 Å². The van der Waals surface area contributed by atoms with Crippen LogP contribution in [0.5, 0.6) is 0 Å². The number of carbonyl (C=O) groups is 2. The number of nitrogens with zero attached hydrogens (tertiary/aromatic N) is 3. The molecule has 33 heavy (non-hydrogen) atoms. The number of sulfonamides is 1. The molecule has 1 saturated carbocycles. The third-order valence-electron chi connectivity index (χ3n) is 6.83. The number of amides is 1. The summed E-state index contributed by atoms with van der Waals surface area (Å²) in [7, 11) is -2.53. The number of esters is 1. The lowest BCUT2D eigenvalue weighted by molar-refractivity contribution is -0.156. The number of rotatable bonds is 6. The number of aliphatic hydroxyl groups excluding tert-OH is 1. The first kappa shape index (κ1) is 25.1. The Morgan fingerprint density at radius 1 is 1.24 bits per heavy atom. The first-order valence-corrected chi connectivity index (χ1v) is 12.6. The maximum Gasteiger partial charge on any atom is 0.325 e. The predicted molar refractivity (Wildman–Crippen MR) is 119 cm³/mol. The highest BCUT2D eigenvalue weighted by molar-refractivity contribution is 7.89. The van der Waals surface area contributed by atoms with Crippen molar-refractivity contribution in [2.24, 2.45) is 0 Å². The smallest absolute Gasteiger partial charge is 0.325 e. The van der Waals surface area contributed by atoms with Crippen LogP contribution in [0, 0.1) is 25.2 Å². The summed E-state index contributed by atoms with van der Waals surface area (Å²) in [5.74, 6) is -1.41. The molecular weight excluding hydrogens is 446 g/mol. The van der Waals surface area contributed by atoms with Crippen molar-refractivity contribution in [1.82, 2.24) is 9.21 Å². The molecule has 1 amide bonds. The van der Waals surface area contributed by atoms with Crippen LogP contribution in [0.15, 0.2) is 23.1 Å². The fourth-order valence-electron chi connectivity index (χ4n) is 4.50. The third-order valence-corrected chi connectivity index (χ3v) is 8.70. The molecule has 2 aliphatic rings. The molecule has 2 unspecified atom stereocenters. The van der Waals surface area contributed by atoms with Crippen molar-refractivity contribution in [3.63, 3.8) is 0 Å². The number of aryl methyl sites for hydroxylation is 2. The summed E-state index contributed by atoms with van der Waals surface area (Å²) >= 11 is 0. The van der Waals surface area contributed by atoms with Crippen molar-refractivity contribution < 1.29 is 27.9 Å². The number of carbonyl (C=O) groups excluding carboxylic acids is 2. The highest BCUT2D eigenvalue weighted by Gasteiger charge is 2.45. The van der Waals surface area contributed by atoms with Gasteiger partial charge in [-0.15, -0.1) is 0 Å². The molecule has 1 aliphatic carbocycles. The van der Waals surface area contributed by atoms with Gasteiger partial charge in [0.2, 0.25) is 10.0 Å². The Morgan fingerprint density at radius 3 is 2.52 bits per heavy atom. The van der Waals surface area contributed by atoms with E-state index in [1.165, 1.54) is 24.1 Å². The summed E-state index contributed by atoms with van der Waals surface area (Å²) < 4.78 is 32.5. The number of nitriles is 1.